The molecule has 1 amide bonds. The zero-order valence-electron chi connectivity index (χ0n) is 19.4. The summed E-state index contributed by atoms with van der Waals surface area (Å²) >= 11 is 0. The molecule has 0 radical (unpaired) electrons. The number of carbonyl (C=O) groups excluding carboxylic acids is 1. The van der Waals surface area contributed by atoms with Crippen molar-refractivity contribution in [3.63, 3.8) is 0 Å². The molecular weight excluding hydrogens is 420 g/mol. The Kier molecular flexibility index (Phi) is 6.79. The highest BCUT2D eigenvalue weighted by Gasteiger charge is 2.29. The van der Waals surface area contributed by atoms with Crippen LogP contribution in [0.4, 0.5) is 5.95 Å². The van der Waals surface area contributed by atoms with E-state index in [0.29, 0.717) is 31.3 Å². The number of morpholine rings is 1. The molecule has 0 unspecified atom stereocenters. The van der Waals surface area contributed by atoms with E-state index < -0.39 is 0 Å². The minimum absolute atomic E-state index is 0.0266. The first-order chi connectivity index (χ1) is 16.0. The minimum Gasteiger partial charge on any atom is -0.496 e. The van der Waals surface area contributed by atoms with Crippen LogP contribution in [0.5, 0.6) is 5.75 Å². The van der Waals surface area contributed by atoms with E-state index in [1.165, 1.54) is 6.33 Å². The summed E-state index contributed by atoms with van der Waals surface area (Å²) in [7, 11) is 5.39. The molecule has 1 aromatic carbocycles. The highest BCUT2D eigenvalue weighted by Crippen LogP contribution is 2.31. The molecule has 172 valence electrons. The first kappa shape index (κ1) is 22.6. The molecule has 33 heavy (non-hydrogen) atoms. The van der Waals surface area contributed by atoms with Gasteiger partial charge in [0.1, 0.15) is 18.2 Å². The summed E-state index contributed by atoms with van der Waals surface area (Å²) in [4.78, 5) is 34.3. The molecule has 1 atom stereocenters. The molecule has 1 aliphatic rings. The molecule has 2 aromatic heterocycles. The van der Waals surface area contributed by atoms with Crippen LogP contribution in [0.3, 0.4) is 0 Å². The Labute approximate surface area is 193 Å². The van der Waals surface area contributed by atoms with Crippen LogP contribution in [0.15, 0.2) is 43.1 Å². The standard InChI is InChI=1S/C24H28N6O3/c1-16-5-6-20(32-4)17(9-16)10-22(31)30-7-8-33-21(14-30)23-19(18-11-25-15-26-12-18)13-27-24(28-23)29(2)3/h5-6,9,11-13,15,21H,7-8,10,14H2,1-4H3/t21-/m1/s1. The first-order valence-electron chi connectivity index (χ1n) is 10.8. The van der Waals surface area contributed by atoms with Gasteiger partial charge >= 0.3 is 0 Å². The fourth-order valence-corrected chi connectivity index (χ4v) is 3.87. The maximum Gasteiger partial charge on any atom is 0.227 e. The highest BCUT2D eigenvalue weighted by atomic mass is 16.5. The largest absolute Gasteiger partial charge is 0.496 e. The third kappa shape index (κ3) is 5.09. The Morgan fingerprint density at radius 1 is 1.24 bits per heavy atom. The Bertz CT molecular complexity index is 1120. The zero-order valence-corrected chi connectivity index (χ0v) is 19.4. The molecule has 1 aliphatic heterocycles. The van der Waals surface area contributed by atoms with Crippen LogP contribution in [0.2, 0.25) is 0 Å². The van der Waals surface area contributed by atoms with Gasteiger partial charge in [0.15, 0.2) is 0 Å². The average Bonchev–Trinajstić information content (AvgIpc) is 2.84. The van der Waals surface area contributed by atoms with Crippen LogP contribution in [-0.4, -0.2) is 71.6 Å². The van der Waals surface area contributed by atoms with Crippen molar-refractivity contribution in [3.8, 4) is 16.9 Å². The van der Waals surface area contributed by atoms with E-state index in [4.69, 9.17) is 14.5 Å². The summed E-state index contributed by atoms with van der Waals surface area (Å²) in [6.07, 6.45) is 6.57. The van der Waals surface area contributed by atoms with Gasteiger partial charge in [0.25, 0.3) is 0 Å². The molecule has 0 N–H and O–H groups in total. The molecule has 1 saturated heterocycles. The molecular formula is C24H28N6O3. The van der Waals surface area contributed by atoms with Crippen LogP contribution < -0.4 is 9.64 Å². The van der Waals surface area contributed by atoms with Crippen molar-refractivity contribution < 1.29 is 14.3 Å². The number of hydrogen-bond acceptors (Lipinski definition) is 8. The van der Waals surface area contributed by atoms with E-state index in [2.05, 4.69) is 15.0 Å². The summed E-state index contributed by atoms with van der Waals surface area (Å²) in [5.41, 5.74) is 4.28. The normalized spacial score (nSPS) is 15.9. The van der Waals surface area contributed by atoms with Gasteiger partial charge < -0.3 is 19.3 Å². The number of nitrogens with zero attached hydrogens (tertiary/aromatic N) is 6. The first-order valence-corrected chi connectivity index (χ1v) is 10.8. The monoisotopic (exact) mass is 448 g/mol. The predicted octanol–water partition coefficient (Wildman–Crippen LogP) is 2.46. The number of carbonyl (C=O) groups is 1. The second-order valence-corrected chi connectivity index (χ2v) is 8.18. The summed E-state index contributed by atoms with van der Waals surface area (Å²) in [6, 6.07) is 5.87. The number of aromatic nitrogens is 4. The Morgan fingerprint density at radius 3 is 2.76 bits per heavy atom. The third-order valence-corrected chi connectivity index (χ3v) is 5.58. The molecule has 0 saturated carbocycles. The molecule has 0 aliphatic carbocycles. The number of methoxy groups -OCH3 is 1. The van der Waals surface area contributed by atoms with E-state index >= 15 is 0 Å². The maximum absolute atomic E-state index is 13.2. The fraction of sp³-hybridized carbons (Fsp3) is 0.375. The van der Waals surface area contributed by atoms with Gasteiger partial charge in [0.05, 0.1) is 32.4 Å². The molecule has 0 bridgehead atoms. The molecule has 1 fully saturated rings. The van der Waals surface area contributed by atoms with E-state index in [-0.39, 0.29) is 18.4 Å². The van der Waals surface area contributed by atoms with E-state index in [1.807, 2.05) is 49.0 Å². The van der Waals surface area contributed by atoms with Gasteiger partial charge in [-0.3, -0.25) is 4.79 Å². The van der Waals surface area contributed by atoms with Crippen LogP contribution in [-0.2, 0) is 16.0 Å². The summed E-state index contributed by atoms with van der Waals surface area (Å²) < 4.78 is 11.5. The quantitative estimate of drug-likeness (QED) is 0.568. The van der Waals surface area contributed by atoms with Crippen molar-refractivity contribution in [1.29, 1.82) is 0 Å². The number of rotatable bonds is 6. The van der Waals surface area contributed by atoms with Gasteiger partial charge in [-0.25, -0.2) is 19.9 Å². The highest BCUT2D eigenvalue weighted by molar-refractivity contribution is 5.80. The molecule has 9 nitrogen and oxygen atoms in total. The second-order valence-electron chi connectivity index (χ2n) is 8.18. The smallest absolute Gasteiger partial charge is 0.227 e. The van der Waals surface area contributed by atoms with E-state index in [9.17, 15) is 4.79 Å². The lowest BCUT2D eigenvalue weighted by molar-refractivity contribution is -0.138. The van der Waals surface area contributed by atoms with Crippen molar-refractivity contribution in [3.05, 3.63) is 59.9 Å². The number of amides is 1. The van der Waals surface area contributed by atoms with E-state index in [0.717, 1.165) is 28.0 Å². The number of ether oxygens (including phenoxy) is 2. The Morgan fingerprint density at radius 2 is 2.03 bits per heavy atom. The Balaban J connectivity index is 1.60. The average molecular weight is 449 g/mol. The van der Waals surface area contributed by atoms with E-state index in [1.54, 1.807) is 25.7 Å². The van der Waals surface area contributed by atoms with Crippen molar-refractivity contribution in [2.75, 3.05) is 45.8 Å². The molecule has 3 aromatic rings. The molecule has 0 spiro atoms. The molecule has 4 rings (SSSR count). The van der Waals surface area contributed by atoms with Gasteiger partial charge in [-0.05, 0) is 13.0 Å². The van der Waals surface area contributed by atoms with Crippen LogP contribution in [0, 0.1) is 6.92 Å². The van der Waals surface area contributed by atoms with Crippen LogP contribution >= 0.6 is 0 Å². The second kappa shape index (κ2) is 9.91. The lowest BCUT2D eigenvalue weighted by Gasteiger charge is -2.33. The number of hydrogen-bond donors (Lipinski definition) is 0. The number of aryl methyl sites for hydroxylation is 1. The van der Waals surface area contributed by atoms with Crippen LogP contribution in [0.25, 0.3) is 11.1 Å². The minimum atomic E-state index is -0.390. The summed E-state index contributed by atoms with van der Waals surface area (Å²) in [5, 5.41) is 0. The van der Waals surface area contributed by atoms with Crippen LogP contribution in [0.1, 0.15) is 22.9 Å². The van der Waals surface area contributed by atoms with Gasteiger partial charge in [0, 0.05) is 55.9 Å². The number of anilines is 1. The van der Waals surface area contributed by atoms with Gasteiger partial charge in [-0.2, -0.15) is 0 Å². The van der Waals surface area contributed by atoms with Gasteiger partial charge in [0.2, 0.25) is 11.9 Å². The maximum atomic E-state index is 13.2. The zero-order chi connectivity index (χ0) is 23.4. The predicted molar refractivity (Wildman–Crippen MR) is 124 cm³/mol. The summed E-state index contributed by atoms with van der Waals surface area (Å²) in [5.74, 6) is 1.32. The Hall–Kier alpha value is -3.59. The number of benzene rings is 1. The van der Waals surface area contributed by atoms with Crippen molar-refractivity contribution in [2.45, 2.75) is 19.4 Å². The van der Waals surface area contributed by atoms with Gasteiger partial charge in [-0.1, -0.05) is 17.7 Å². The topological polar surface area (TPSA) is 93.6 Å². The van der Waals surface area contributed by atoms with Gasteiger partial charge in [-0.15, -0.1) is 0 Å². The van der Waals surface area contributed by atoms with Crippen molar-refractivity contribution >= 4 is 11.9 Å². The lowest BCUT2D eigenvalue weighted by Crippen LogP contribution is -2.43. The molecule has 3 heterocycles. The fourth-order valence-electron chi connectivity index (χ4n) is 3.87. The third-order valence-electron chi connectivity index (χ3n) is 5.58. The van der Waals surface area contributed by atoms with Crippen molar-refractivity contribution in [2.24, 2.45) is 0 Å². The SMILES string of the molecule is COc1ccc(C)cc1CC(=O)N1CCO[C@@H](c2nc(N(C)C)ncc2-c2cncnc2)C1. The molecule has 9 heteroatoms. The summed E-state index contributed by atoms with van der Waals surface area (Å²) in [6.45, 7) is 3.36. The van der Waals surface area contributed by atoms with Crippen molar-refractivity contribution in [1.82, 2.24) is 24.8 Å². The lowest BCUT2D eigenvalue weighted by atomic mass is 10.0.